The molecule has 0 spiro atoms. The van der Waals surface area contributed by atoms with Crippen LogP contribution in [0.1, 0.15) is 17.4 Å². The Bertz CT molecular complexity index is 946. The van der Waals surface area contributed by atoms with Gasteiger partial charge in [-0.2, -0.15) is 0 Å². The first-order valence-electron chi connectivity index (χ1n) is 8.08. The normalized spacial score (nSPS) is 18.7. The van der Waals surface area contributed by atoms with Crippen molar-refractivity contribution in [1.82, 2.24) is 14.9 Å². The minimum Gasteiger partial charge on any atom is -0.325 e. The van der Waals surface area contributed by atoms with Crippen LogP contribution in [0.3, 0.4) is 0 Å². The Kier molecular flexibility index (Phi) is 4.57. The van der Waals surface area contributed by atoms with Gasteiger partial charge in [-0.25, -0.2) is 4.68 Å². The SMILES string of the molecule is Cc1nnc2n1N[C@@H](c1ccccc1)[C@@H](C(=O)Nc1cccc(Cl)c1)S2. The molecule has 1 amide bonds. The molecule has 0 saturated heterocycles. The van der Waals surface area contributed by atoms with Crippen LogP contribution in [0.15, 0.2) is 59.8 Å². The smallest absolute Gasteiger partial charge is 0.240 e. The van der Waals surface area contributed by atoms with Gasteiger partial charge in [0.2, 0.25) is 11.1 Å². The molecule has 0 fully saturated rings. The van der Waals surface area contributed by atoms with Gasteiger partial charge in [-0.3, -0.25) is 4.79 Å². The highest BCUT2D eigenvalue weighted by Crippen LogP contribution is 2.37. The molecule has 2 atom stereocenters. The molecule has 2 N–H and O–H groups in total. The Hall–Kier alpha value is -2.51. The number of hydrogen-bond acceptors (Lipinski definition) is 5. The molecule has 0 saturated carbocycles. The third-order valence-electron chi connectivity index (χ3n) is 4.11. The minimum atomic E-state index is -0.410. The van der Waals surface area contributed by atoms with Crippen LogP contribution in [0.25, 0.3) is 0 Å². The average Bonchev–Trinajstić information content (AvgIpc) is 3.02. The van der Waals surface area contributed by atoms with Gasteiger partial charge in [0.05, 0.1) is 6.04 Å². The van der Waals surface area contributed by atoms with E-state index in [-0.39, 0.29) is 11.9 Å². The molecule has 0 unspecified atom stereocenters. The minimum absolute atomic E-state index is 0.120. The Morgan fingerprint density at radius 3 is 2.77 bits per heavy atom. The summed E-state index contributed by atoms with van der Waals surface area (Å²) in [6.07, 6.45) is 0. The highest BCUT2D eigenvalue weighted by molar-refractivity contribution is 8.00. The van der Waals surface area contributed by atoms with Crippen molar-refractivity contribution in [3.8, 4) is 0 Å². The molecule has 4 rings (SSSR count). The molecule has 3 aromatic rings. The summed E-state index contributed by atoms with van der Waals surface area (Å²) in [6, 6.07) is 16.8. The summed E-state index contributed by atoms with van der Waals surface area (Å²) < 4.78 is 1.82. The van der Waals surface area contributed by atoms with Crippen molar-refractivity contribution in [3.05, 3.63) is 71.0 Å². The predicted octanol–water partition coefficient (Wildman–Crippen LogP) is 3.64. The molecule has 132 valence electrons. The second-order valence-corrected chi connectivity index (χ2v) is 7.47. The van der Waals surface area contributed by atoms with Crippen molar-refractivity contribution >= 4 is 35.0 Å². The van der Waals surface area contributed by atoms with Crippen LogP contribution in [0.5, 0.6) is 0 Å². The summed E-state index contributed by atoms with van der Waals surface area (Å²) in [4.78, 5) is 13.0. The van der Waals surface area contributed by atoms with Crippen LogP contribution in [0, 0.1) is 6.92 Å². The molecule has 26 heavy (non-hydrogen) atoms. The zero-order valence-electron chi connectivity index (χ0n) is 13.9. The van der Waals surface area contributed by atoms with Crippen molar-refractivity contribution in [2.24, 2.45) is 0 Å². The largest absolute Gasteiger partial charge is 0.325 e. The van der Waals surface area contributed by atoms with E-state index in [1.165, 1.54) is 11.8 Å². The third kappa shape index (κ3) is 3.27. The maximum Gasteiger partial charge on any atom is 0.240 e. The van der Waals surface area contributed by atoms with Crippen molar-refractivity contribution in [1.29, 1.82) is 0 Å². The van der Waals surface area contributed by atoms with Crippen LogP contribution in [-0.4, -0.2) is 26.0 Å². The molecule has 1 aliphatic heterocycles. The molecule has 2 aromatic carbocycles. The standard InChI is InChI=1S/C18H16ClN5OS/c1-11-21-22-18-24(11)23-15(12-6-3-2-4-7-12)16(26-18)17(25)20-14-9-5-8-13(19)10-14/h2-10,15-16,23H,1H3,(H,20,25)/t15-,16-/m0/s1. The van der Waals surface area contributed by atoms with E-state index >= 15 is 0 Å². The number of benzene rings is 2. The quantitative estimate of drug-likeness (QED) is 0.720. The fourth-order valence-corrected chi connectivity index (χ4v) is 4.17. The van der Waals surface area contributed by atoms with Crippen molar-refractivity contribution < 1.29 is 4.79 Å². The molecule has 0 bridgehead atoms. The first-order valence-corrected chi connectivity index (χ1v) is 9.34. The van der Waals surface area contributed by atoms with Gasteiger partial charge in [-0.1, -0.05) is 59.8 Å². The molecule has 1 aromatic heterocycles. The van der Waals surface area contributed by atoms with Gasteiger partial charge in [0.1, 0.15) is 11.1 Å². The molecule has 0 radical (unpaired) electrons. The Balaban J connectivity index is 1.66. The van der Waals surface area contributed by atoms with Crippen LogP contribution in [0.2, 0.25) is 5.02 Å². The van der Waals surface area contributed by atoms with E-state index in [1.807, 2.05) is 48.0 Å². The third-order valence-corrected chi connectivity index (χ3v) is 5.56. The highest BCUT2D eigenvalue weighted by atomic mass is 35.5. The number of nitrogens with zero attached hydrogens (tertiary/aromatic N) is 3. The van der Waals surface area contributed by atoms with Crippen LogP contribution < -0.4 is 10.7 Å². The van der Waals surface area contributed by atoms with Gasteiger partial charge >= 0.3 is 0 Å². The fraction of sp³-hybridized carbons (Fsp3) is 0.167. The van der Waals surface area contributed by atoms with Crippen LogP contribution in [-0.2, 0) is 4.79 Å². The lowest BCUT2D eigenvalue weighted by Gasteiger charge is -2.32. The maximum absolute atomic E-state index is 13.0. The topological polar surface area (TPSA) is 71.8 Å². The average molecular weight is 386 g/mol. The van der Waals surface area contributed by atoms with Gasteiger partial charge in [-0.15, -0.1) is 10.2 Å². The zero-order valence-corrected chi connectivity index (χ0v) is 15.5. The number of aromatic nitrogens is 3. The first-order chi connectivity index (χ1) is 12.6. The van der Waals surface area contributed by atoms with Gasteiger partial charge in [0, 0.05) is 10.7 Å². The summed E-state index contributed by atoms with van der Waals surface area (Å²) in [5, 5.41) is 12.0. The Morgan fingerprint density at radius 2 is 2.00 bits per heavy atom. The Labute approximate surface area is 159 Å². The number of aryl methyl sites for hydroxylation is 1. The molecule has 0 aliphatic carbocycles. The number of amides is 1. The van der Waals surface area contributed by atoms with Crippen molar-refractivity contribution in [2.75, 3.05) is 10.7 Å². The van der Waals surface area contributed by atoms with Crippen molar-refractivity contribution in [2.45, 2.75) is 23.4 Å². The molecule has 8 heteroatoms. The van der Waals surface area contributed by atoms with Gasteiger partial charge in [-0.05, 0) is 30.7 Å². The second-order valence-electron chi connectivity index (χ2n) is 5.92. The number of nitrogens with one attached hydrogen (secondary N) is 2. The zero-order chi connectivity index (χ0) is 18.1. The van der Waals surface area contributed by atoms with Gasteiger partial charge in [0.15, 0.2) is 0 Å². The van der Waals surface area contributed by atoms with E-state index < -0.39 is 5.25 Å². The van der Waals surface area contributed by atoms with Crippen LogP contribution >= 0.6 is 23.4 Å². The van der Waals surface area contributed by atoms with E-state index in [9.17, 15) is 4.79 Å². The monoisotopic (exact) mass is 385 g/mol. The molecular weight excluding hydrogens is 370 g/mol. The van der Waals surface area contributed by atoms with Crippen LogP contribution in [0.4, 0.5) is 5.69 Å². The number of halogens is 1. The van der Waals surface area contributed by atoms with E-state index in [0.29, 0.717) is 15.9 Å². The fourth-order valence-electron chi connectivity index (χ4n) is 2.85. The number of hydrogen-bond donors (Lipinski definition) is 2. The number of rotatable bonds is 3. The lowest BCUT2D eigenvalue weighted by molar-refractivity contribution is -0.116. The van der Waals surface area contributed by atoms with E-state index in [0.717, 1.165) is 11.4 Å². The highest BCUT2D eigenvalue weighted by Gasteiger charge is 2.37. The first kappa shape index (κ1) is 16.9. The maximum atomic E-state index is 13.0. The molecular formula is C18H16ClN5OS. The number of carbonyl (C=O) groups is 1. The number of carbonyl (C=O) groups excluding carboxylic acids is 1. The van der Waals surface area contributed by atoms with Gasteiger partial charge in [0.25, 0.3) is 0 Å². The van der Waals surface area contributed by atoms with Gasteiger partial charge < -0.3 is 10.7 Å². The summed E-state index contributed by atoms with van der Waals surface area (Å²) in [7, 11) is 0. The van der Waals surface area contributed by atoms with E-state index in [2.05, 4.69) is 20.9 Å². The molecule has 2 heterocycles. The van der Waals surface area contributed by atoms with E-state index in [4.69, 9.17) is 11.6 Å². The number of anilines is 1. The summed E-state index contributed by atoms with van der Waals surface area (Å²) in [5.74, 6) is 0.632. The van der Waals surface area contributed by atoms with E-state index in [1.54, 1.807) is 18.2 Å². The lowest BCUT2D eigenvalue weighted by Crippen LogP contribution is -2.41. The predicted molar refractivity (Wildman–Crippen MR) is 103 cm³/mol. The summed E-state index contributed by atoms with van der Waals surface area (Å²) >= 11 is 7.41. The Morgan fingerprint density at radius 1 is 1.19 bits per heavy atom. The van der Waals surface area contributed by atoms with Crippen molar-refractivity contribution in [3.63, 3.8) is 0 Å². The lowest BCUT2D eigenvalue weighted by atomic mass is 10.0. The summed E-state index contributed by atoms with van der Waals surface area (Å²) in [6.45, 7) is 1.87. The second kappa shape index (κ2) is 7.01. The number of fused-ring (bicyclic) bond motifs is 1. The molecule has 6 nitrogen and oxygen atoms in total. The summed E-state index contributed by atoms with van der Waals surface area (Å²) in [5.41, 5.74) is 5.06. The molecule has 1 aliphatic rings. The number of thioether (sulfide) groups is 1.